The monoisotopic (exact) mass is 373 g/mol. The van der Waals surface area contributed by atoms with Crippen LogP contribution in [0.5, 0.6) is 0 Å². The fourth-order valence-electron chi connectivity index (χ4n) is 3.36. The molecule has 1 atom stereocenters. The number of aliphatic hydroxyl groups is 1. The van der Waals surface area contributed by atoms with Crippen molar-refractivity contribution in [1.82, 2.24) is 10.6 Å². The van der Waals surface area contributed by atoms with Gasteiger partial charge in [0.25, 0.3) is 0 Å². The van der Waals surface area contributed by atoms with Crippen LogP contribution in [0.4, 0.5) is 0 Å². The molecule has 148 valence electrons. The highest BCUT2D eigenvalue weighted by molar-refractivity contribution is 8.00. The van der Waals surface area contributed by atoms with Gasteiger partial charge < -0.3 is 20.5 Å². The first-order valence-electron chi connectivity index (χ1n) is 9.90. The Morgan fingerprint density at radius 3 is 2.52 bits per heavy atom. The van der Waals surface area contributed by atoms with Crippen LogP contribution in [-0.2, 0) is 4.74 Å². The van der Waals surface area contributed by atoms with Crippen molar-refractivity contribution in [2.45, 2.75) is 58.1 Å². The first-order chi connectivity index (χ1) is 12.0. The third kappa shape index (κ3) is 9.15. The second-order valence-electron chi connectivity index (χ2n) is 7.31. The van der Waals surface area contributed by atoms with Gasteiger partial charge in [0.15, 0.2) is 5.96 Å². The molecule has 1 unspecified atom stereocenters. The lowest BCUT2D eigenvalue weighted by molar-refractivity contribution is 0.0793. The van der Waals surface area contributed by atoms with Crippen molar-refractivity contribution in [3.8, 4) is 0 Å². The number of hydrogen-bond donors (Lipinski definition) is 3. The number of thioether (sulfide) groups is 1. The molecule has 0 amide bonds. The third-order valence-corrected chi connectivity index (χ3v) is 6.06. The summed E-state index contributed by atoms with van der Waals surface area (Å²) in [6.45, 7) is 13.3. The molecule has 0 radical (unpaired) electrons. The van der Waals surface area contributed by atoms with Gasteiger partial charge in [-0.05, 0) is 50.2 Å². The Hall–Kier alpha value is -0.460. The number of aliphatic imine (C=N–C) groups is 1. The van der Waals surface area contributed by atoms with E-state index in [-0.39, 0.29) is 11.4 Å². The zero-order valence-electron chi connectivity index (χ0n) is 16.6. The summed E-state index contributed by atoms with van der Waals surface area (Å²) in [4.78, 5) is 4.89. The molecule has 1 heterocycles. The summed E-state index contributed by atoms with van der Waals surface area (Å²) < 4.78 is 5.77. The summed E-state index contributed by atoms with van der Waals surface area (Å²) in [5, 5.41) is 16.2. The van der Waals surface area contributed by atoms with Crippen molar-refractivity contribution in [2.24, 2.45) is 16.8 Å². The second kappa shape index (κ2) is 12.8. The van der Waals surface area contributed by atoms with Crippen molar-refractivity contribution >= 4 is 17.7 Å². The molecule has 6 heteroatoms. The van der Waals surface area contributed by atoms with E-state index in [1.807, 2.05) is 11.8 Å². The molecule has 0 aliphatic carbocycles. The summed E-state index contributed by atoms with van der Waals surface area (Å²) in [5.74, 6) is 3.14. The highest BCUT2D eigenvalue weighted by Gasteiger charge is 2.32. The molecule has 1 fully saturated rings. The van der Waals surface area contributed by atoms with Crippen molar-refractivity contribution in [3.05, 3.63) is 0 Å². The number of aliphatic hydroxyl groups excluding tert-OH is 1. The van der Waals surface area contributed by atoms with Gasteiger partial charge in [-0.2, -0.15) is 11.8 Å². The van der Waals surface area contributed by atoms with Crippen LogP contribution < -0.4 is 10.6 Å². The molecule has 0 aromatic carbocycles. The minimum atomic E-state index is 0.220. The number of nitrogens with zero attached hydrogens (tertiary/aromatic N) is 1. The molecular weight excluding hydrogens is 334 g/mol. The minimum absolute atomic E-state index is 0.220. The fourth-order valence-corrected chi connectivity index (χ4v) is 4.58. The molecule has 25 heavy (non-hydrogen) atoms. The molecule has 3 N–H and O–H groups in total. The van der Waals surface area contributed by atoms with Gasteiger partial charge in [-0.15, -0.1) is 0 Å². The third-order valence-electron chi connectivity index (χ3n) is 4.62. The molecule has 0 aromatic rings. The summed E-state index contributed by atoms with van der Waals surface area (Å²) in [6.07, 6.45) is 4.13. The maximum Gasteiger partial charge on any atom is 0.191 e. The van der Waals surface area contributed by atoms with Gasteiger partial charge in [0, 0.05) is 37.7 Å². The van der Waals surface area contributed by atoms with Gasteiger partial charge in [-0.1, -0.05) is 20.8 Å². The molecular formula is C19H39N3O2S. The van der Waals surface area contributed by atoms with Crippen LogP contribution in [0.1, 0.15) is 53.4 Å². The Labute approximate surface area is 158 Å². The highest BCUT2D eigenvalue weighted by Crippen LogP contribution is 2.35. The van der Waals surface area contributed by atoms with E-state index >= 15 is 0 Å². The average molecular weight is 374 g/mol. The Morgan fingerprint density at radius 2 is 1.96 bits per heavy atom. The van der Waals surface area contributed by atoms with Gasteiger partial charge in [-0.25, -0.2) is 0 Å². The molecule has 1 aliphatic heterocycles. The lowest BCUT2D eigenvalue weighted by Gasteiger charge is -2.35. The Balaban J connectivity index is 2.64. The van der Waals surface area contributed by atoms with Gasteiger partial charge in [0.2, 0.25) is 0 Å². The quantitative estimate of drug-likeness (QED) is 0.384. The van der Waals surface area contributed by atoms with Crippen molar-refractivity contribution in [2.75, 3.05) is 45.2 Å². The van der Waals surface area contributed by atoms with E-state index in [1.54, 1.807) is 0 Å². The van der Waals surface area contributed by atoms with Crippen LogP contribution >= 0.6 is 11.8 Å². The summed E-state index contributed by atoms with van der Waals surface area (Å²) in [5.41, 5.74) is 0. The van der Waals surface area contributed by atoms with Gasteiger partial charge >= 0.3 is 0 Å². The minimum Gasteiger partial charge on any atom is -0.396 e. The van der Waals surface area contributed by atoms with Crippen LogP contribution in [-0.4, -0.2) is 61.0 Å². The fraction of sp³-hybridized carbons (Fsp3) is 0.947. The molecule has 5 nitrogen and oxygen atoms in total. The van der Waals surface area contributed by atoms with Crippen LogP contribution in [0, 0.1) is 11.8 Å². The Morgan fingerprint density at radius 1 is 1.24 bits per heavy atom. The zero-order valence-corrected chi connectivity index (χ0v) is 17.5. The highest BCUT2D eigenvalue weighted by atomic mass is 32.2. The van der Waals surface area contributed by atoms with Crippen molar-refractivity contribution < 1.29 is 9.84 Å². The van der Waals surface area contributed by atoms with Crippen molar-refractivity contribution in [1.29, 1.82) is 0 Å². The number of guanidine groups is 1. The zero-order chi connectivity index (χ0) is 18.5. The Bertz CT molecular complexity index is 366. The maximum absolute atomic E-state index is 9.30. The summed E-state index contributed by atoms with van der Waals surface area (Å²) in [6, 6.07) is 0. The van der Waals surface area contributed by atoms with Crippen LogP contribution in [0.3, 0.4) is 0 Å². The molecule has 1 aliphatic rings. The molecule has 1 rings (SSSR count). The molecule has 0 aromatic heterocycles. The first-order valence-corrected chi connectivity index (χ1v) is 10.9. The summed E-state index contributed by atoms with van der Waals surface area (Å²) in [7, 11) is 0. The predicted octanol–water partition coefficient (Wildman–Crippen LogP) is 2.89. The topological polar surface area (TPSA) is 65.9 Å². The number of hydrogen-bond acceptors (Lipinski definition) is 4. The van der Waals surface area contributed by atoms with Crippen LogP contribution in [0.25, 0.3) is 0 Å². The Kier molecular flexibility index (Phi) is 11.6. The normalized spacial score (nSPS) is 19.0. The lowest BCUT2D eigenvalue weighted by Crippen LogP contribution is -2.42. The lowest BCUT2D eigenvalue weighted by atomic mass is 9.94. The standard InChI is InChI=1S/C19H39N3O2S/c1-5-20-18(21-14-17(7-10-23)13-16(3)4)22-15-19(25-6-2)8-11-24-12-9-19/h16-17,23H,5-15H2,1-4H3,(H2,20,21,22). The number of ether oxygens (including phenoxy) is 1. The van der Waals surface area contributed by atoms with E-state index in [0.717, 1.165) is 70.2 Å². The van der Waals surface area contributed by atoms with E-state index < -0.39 is 0 Å². The smallest absolute Gasteiger partial charge is 0.191 e. The van der Waals surface area contributed by atoms with Crippen molar-refractivity contribution in [3.63, 3.8) is 0 Å². The van der Waals surface area contributed by atoms with E-state index in [1.165, 1.54) is 0 Å². The number of nitrogens with one attached hydrogen (secondary N) is 2. The van der Waals surface area contributed by atoms with Gasteiger partial charge in [0.05, 0.1) is 6.54 Å². The van der Waals surface area contributed by atoms with E-state index in [4.69, 9.17) is 9.73 Å². The van der Waals surface area contributed by atoms with Crippen LogP contribution in [0.2, 0.25) is 0 Å². The van der Waals surface area contributed by atoms with Gasteiger partial charge in [-0.3, -0.25) is 4.99 Å². The van der Waals surface area contributed by atoms with E-state index in [9.17, 15) is 5.11 Å². The summed E-state index contributed by atoms with van der Waals surface area (Å²) >= 11 is 2.02. The largest absolute Gasteiger partial charge is 0.396 e. The average Bonchev–Trinajstić information content (AvgIpc) is 2.58. The van der Waals surface area contributed by atoms with Gasteiger partial charge in [0.1, 0.15) is 0 Å². The first kappa shape index (κ1) is 22.6. The van der Waals surface area contributed by atoms with E-state index in [2.05, 4.69) is 38.3 Å². The SMILES string of the molecule is CCNC(=NCC1(SCC)CCOCC1)NCC(CCO)CC(C)C. The molecule has 0 spiro atoms. The molecule has 0 saturated carbocycles. The van der Waals surface area contributed by atoms with Crippen LogP contribution in [0.15, 0.2) is 4.99 Å². The number of rotatable bonds is 11. The molecule has 0 bridgehead atoms. The second-order valence-corrected chi connectivity index (χ2v) is 9.04. The van der Waals surface area contributed by atoms with E-state index in [0.29, 0.717) is 11.8 Å². The predicted molar refractivity (Wildman–Crippen MR) is 110 cm³/mol. The molecule has 1 saturated heterocycles. The maximum atomic E-state index is 9.30.